The molecule has 86 valence electrons. The van der Waals surface area contributed by atoms with Crippen molar-refractivity contribution in [2.45, 2.75) is 12.5 Å². The second-order valence-electron chi connectivity index (χ2n) is 3.37. The summed E-state index contributed by atoms with van der Waals surface area (Å²) in [6.45, 7) is 0. The van der Waals surface area contributed by atoms with Crippen LogP contribution in [0.3, 0.4) is 0 Å². The molecule has 2 heterocycles. The molecule has 0 saturated carbocycles. The molecule has 0 saturated heterocycles. The van der Waals surface area contributed by atoms with Gasteiger partial charge in [-0.2, -0.15) is 5.10 Å². The van der Waals surface area contributed by atoms with Crippen LogP contribution < -0.4 is 11.3 Å². The second-order valence-corrected chi connectivity index (χ2v) is 5.11. The number of aryl methyl sites for hydroxylation is 1. The average Bonchev–Trinajstić information content (AvgIpc) is 2.85. The van der Waals surface area contributed by atoms with Crippen LogP contribution in [0.25, 0.3) is 0 Å². The van der Waals surface area contributed by atoms with E-state index in [4.69, 9.17) is 17.4 Å². The number of hydrogen-bond acceptors (Lipinski definition) is 5. The molecule has 2 aromatic rings. The predicted octanol–water partition coefficient (Wildman–Crippen LogP) is 1.28. The highest BCUT2D eigenvalue weighted by Crippen LogP contribution is 2.28. The van der Waals surface area contributed by atoms with Crippen molar-refractivity contribution in [1.29, 1.82) is 0 Å². The van der Waals surface area contributed by atoms with Crippen LogP contribution in [0.4, 0.5) is 0 Å². The lowest BCUT2D eigenvalue weighted by molar-refractivity contribution is 0.530. The van der Waals surface area contributed by atoms with Gasteiger partial charge in [0, 0.05) is 18.3 Å². The summed E-state index contributed by atoms with van der Waals surface area (Å²) in [5, 5.41) is 4.02. The Hall–Kier alpha value is -0.950. The van der Waals surface area contributed by atoms with Crippen LogP contribution >= 0.6 is 22.9 Å². The normalized spacial score (nSPS) is 12.9. The van der Waals surface area contributed by atoms with Crippen LogP contribution in [0.2, 0.25) is 4.34 Å². The van der Waals surface area contributed by atoms with Crippen LogP contribution in [-0.4, -0.2) is 14.8 Å². The number of rotatable bonds is 4. The highest BCUT2D eigenvalue weighted by Gasteiger charge is 2.15. The molecule has 16 heavy (non-hydrogen) atoms. The predicted molar refractivity (Wildman–Crippen MR) is 64.1 cm³/mol. The molecule has 0 amide bonds. The van der Waals surface area contributed by atoms with Gasteiger partial charge in [0.15, 0.2) is 0 Å². The number of nitrogens with two attached hydrogens (primary N) is 1. The molecule has 0 fully saturated rings. The number of nitrogens with one attached hydrogen (secondary N) is 1. The van der Waals surface area contributed by atoms with Crippen LogP contribution in [-0.2, 0) is 13.5 Å². The number of aromatic nitrogens is 3. The van der Waals surface area contributed by atoms with Crippen molar-refractivity contribution in [3.8, 4) is 0 Å². The van der Waals surface area contributed by atoms with E-state index in [1.807, 2.05) is 19.2 Å². The maximum absolute atomic E-state index is 5.89. The van der Waals surface area contributed by atoms with Crippen LogP contribution in [0, 0.1) is 0 Å². The van der Waals surface area contributed by atoms with E-state index in [-0.39, 0.29) is 6.04 Å². The molecule has 2 aromatic heterocycles. The lowest BCUT2D eigenvalue weighted by Crippen LogP contribution is -2.29. The summed E-state index contributed by atoms with van der Waals surface area (Å²) >= 11 is 7.40. The molecular formula is C9H12ClN5S. The Morgan fingerprint density at radius 2 is 2.44 bits per heavy atom. The number of hydrogen-bond donors (Lipinski definition) is 2. The van der Waals surface area contributed by atoms with E-state index < -0.39 is 0 Å². The minimum Gasteiger partial charge on any atom is -0.271 e. The summed E-state index contributed by atoms with van der Waals surface area (Å²) < 4.78 is 2.49. The monoisotopic (exact) mass is 257 g/mol. The first kappa shape index (κ1) is 11.5. The van der Waals surface area contributed by atoms with E-state index in [2.05, 4.69) is 15.5 Å². The molecule has 3 N–H and O–H groups in total. The molecule has 7 heteroatoms. The first-order valence-electron chi connectivity index (χ1n) is 4.75. The summed E-state index contributed by atoms with van der Waals surface area (Å²) in [5.74, 6) is 6.42. The van der Waals surface area contributed by atoms with Crippen molar-refractivity contribution in [1.82, 2.24) is 20.2 Å². The SMILES string of the molecule is Cn1ncnc1CC(NN)c1ccc(Cl)s1. The zero-order chi connectivity index (χ0) is 11.5. The average molecular weight is 258 g/mol. The molecule has 2 rings (SSSR count). The Morgan fingerprint density at radius 1 is 1.62 bits per heavy atom. The van der Waals surface area contributed by atoms with Gasteiger partial charge >= 0.3 is 0 Å². The summed E-state index contributed by atoms with van der Waals surface area (Å²) in [7, 11) is 1.86. The smallest absolute Gasteiger partial charge is 0.138 e. The quantitative estimate of drug-likeness (QED) is 0.640. The Kier molecular flexibility index (Phi) is 3.55. The molecular weight excluding hydrogens is 246 g/mol. The Morgan fingerprint density at radius 3 is 2.94 bits per heavy atom. The van der Waals surface area contributed by atoms with Gasteiger partial charge in [-0.05, 0) is 12.1 Å². The summed E-state index contributed by atoms with van der Waals surface area (Å²) in [4.78, 5) is 5.26. The lowest BCUT2D eigenvalue weighted by atomic mass is 10.2. The highest BCUT2D eigenvalue weighted by molar-refractivity contribution is 7.16. The van der Waals surface area contributed by atoms with Crippen molar-refractivity contribution in [2.24, 2.45) is 12.9 Å². The topological polar surface area (TPSA) is 68.8 Å². The van der Waals surface area contributed by atoms with Gasteiger partial charge in [0.25, 0.3) is 0 Å². The van der Waals surface area contributed by atoms with Gasteiger partial charge < -0.3 is 0 Å². The largest absolute Gasteiger partial charge is 0.271 e. The number of hydrazine groups is 1. The maximum Gasteiger partial charge on any atom is 0.138 e. The molecule has 0 bridgehead atoms. The summed E-state index contributed by atoms with van der Waals surface area (Å²) in [6.07, 6.45) is 2.22. The van der Waals surface area contributed by atoms with Crippen molar-refractivity contribution >= 4 is 22.9 Å². The van der Waals surface area contributed by atoms with Gasteiger partial charge in [0.1, 0.15) is 12.2 Å². The second kappa shape index (κ2) is 4.92. The minimum atomic E-state index is 0.0143. The third kappa shape index (κ3) is 2.41. The highest BCUT2D eigenvalue weighted by atomic mass is 35.5. The standard InChI is InChI=1S/C9H12ClN5S/c1-15-9(12-5-13-15)4-6(14-11)7-2-3-8(10)16-7/h2-3,5-6,14H,4,11H2,1H3. The molecule has 0 aliphatic heterocycles. The first-order chi connectivity index (χ1) is 7.70. The van der Waals surface area contributed by atoms with E-state index in [0.717, 1.165) is 15.0 Å². The van der Waals surface area contributed by atoms with Gasteiger partial charge in [-0.25, -0.2) is 4.98 Å². The Bertz CT molecular complexity index is 466. The number of nitrogens with zero attached hydrogens (tertiary/aromatic N) is 3. The number of halogens is 1. The molecule has 0 radical (unpaired) electrons. The fourth-order valence-electron chi connectivity index (χ4n) is 1.44. The fraction of sp³-hybridized carbons (Fsp3) is 0.333. The van der Waals surface area contributed by atoms with Gasteiger partial charge in [-0.15, -0.1) is 11.3 Å². The van der Waals surface area contributed by atoms with Gasteiger partial charge in [-0.1, -0.05) is 11.6 Å². The van der Waals surface area contributed by atoms with E-state index in [0.29, 0.717) is 6.42 Å². The summed E-state index contributed by atoms with van der Waals surface area (Å²) in [5.41, 5.74) is 2.77. The molecule has 0 aliphatic rings. The van der Waals surface area contributed by atoms with Crippen LogP contribution in [0.1, 0.15) is 16.7 Å². The van der Waals surface area contributed by atoms with E-state index >= 15 is 0 Å². The number of thiophene rings is 1. The maximum atomic E-state index is 5.89. The van der Waals surface area contributed by atoms with E-state index in [9.17, 15) is 0 Å². The molecule has 0 aromatic carbocycles. The lowest BCUT2D eigenvalue weighted by Gasteiger charge is -2.13. The zero-order valence-corrected chi connectivity index (χ0v) is 10.3. The zero-order valence-electron chi connectivity index (χ0n) is 8.72. The Balaban J connectivity index is 2.15. The van der Waals surface area contributed by atoms with Gasteiger partial charge in [0.2, 0.25) is 0 Å². The molecule has 0 spiro atoms. The molecule has 1 unspecified atom stereocenters. The van der Waals surface area contributed by atoms with Gasteiger partial charge in [-0.3, -0.25) is 16.0 Å². The third-order valence-electron chi connectivity index (χ3n) is 2.33. The fourth-order valence-corrected chi connectivity index (χ4v) is 2.57. The van der Waals surface area contributed by atoms with Crippen molar-refractivity contribution in [3.63, 3.8) is 0 Å². The molecule has 1 atom stereocenters. The van der Waals surface area contributed by atoms with Gasteiger partial charge in [0.05, 0.1) is 10.4 Å². The Labute approximate surface area is 102 Å². The van der Waals surface area contributed by atoms with Crippen LogP contribution in [0.5, 0.6) is 0 Å². The van der Waals surface area contributed by atoms with Crippen LogP contribution in [0.15, 0.2) is 18.5 Å². The van der Waals surface area contributed by atoms with Crippen molar-refractivity contribution < 1.29 is 0 Å². The minimum absolute atomic E-state index is 0.0143. The van der Waals surface area contributed by atoms with Crippen molar-refractivity contribution in [3.05, 3.63) is 33.5 Å². The third-order valence-corrected chi connectivity index (χ3v) is 3.68. The van der Waals surface area contributed by atoms with E-state index in [1.54, 1.807) is 4.68 Å². The molecule has 0 aliphatic carbocycles. The van der Waals surface area contributed by atoms with Crippen molar-refractivity contribution in [2.75, 3.05) is 0 Å². The first-order valence-corrected chi connectivity index (χ1v) is 5.94. The van der Waals surface area contributed by atoms with E-state index in [1.165, 1.54) is 17.7 Å². The summed E-state index contributed by atoms with van der Waals surface area (Å²) in [6, 6.07) is 3.84. The molecule has 5 nitrogen and oxygen atoms in total.